The average Bonchev–Trinajstić information content (AvgIpc) is 2.66. The van der Waals surface area contributed by atoms with Crippen LogP contribution in [0.3, 0.4) is 0 Å². The van der Waals surface area contributed by atoms with Gasteiger partial charge in [0.15, 0.2) is 0 Å². The van der Waals surface area contributed by atoms with E-state index in [-0.39, 0.29) is 28.3 Å². The topological polar surface area (TPSA) is 25.2 Å². The largest absolute Gasteiger partial charge is 0.395 e. The molecule has 2 nitrogen and oxygen atoms in total. The fraction of sp³-hybridized carbons (Fsp3) is 0.143. The molecule has 1 heterocycles. The fourth-order valence-corrected chi connectivity index (χ4v) is 2.34. The van der Waals surface area contributed by atoms with E-state index in [1.165, 1.54) is 21.8 Å². The number of aromatic nitrogens is 1. The van der Waals surface area contributed by atoms with Crippen molar-refractivity contribution in [2.75, 3.05) is 6.61 Å². The molecule has 0 aliphatic carbocycles. The first-order valence-corrected chi connectivity index (χ1v) is 5.48. The van der Waals surface area contributed by atoms with Crippen molar-refractivity contribution in [3.8, 4) is 0 Å². The van der Waals surface area contributed by atoms with Crippen LogP contribution in [0, 0.1) is 0 Å². The van der Waals surface area contributed by atoms with Gasteiger partial charge in [-0.25, -0.2) is 0 Å². The molecule has 0 atom stereocenters. The van der Waals surface area contributed by atoms with Gasteiger partial charge in [0.1, 0.15) is 0 Å². The van der Waals surface area contributed by atoms with Gasteiger partial charge in [-0.15, -0.1) is 0 Å². The molecule has 0 fully saturated rings. The summed E-state index contributed by atoms with van der Waals surface area (Å²) in [5.74, 6) is 0. The van der Waals surface area contributed by atoms with Crippen LogP contribution in [0.4, 0.5) is 0 Å². The molecule has 17 heavy (non-hydrogen) atoms. The third-order valence-electron chi connectivity index (χ3n) is 3.00. The number of aliphatic hydroxyl groups is 1. The zero-order valence-corrected chi connectivity index (χ0v) is 11.0. The molecule has 0 spiro atoms. The standard InChI is InChI=1S/C14H13NO.Ti/c16-10-9-15-13-7-3-1-5-11(13)12-6-2-4-8-14(12)15;/h1-8,16H,9-10H2;. The Bertz CT molecular complexity index is 592. The molecule has 0 unspecified atom stereocenters. The molecular formula is C14H13NOTi. The first-order chi connectivity index (χ1) is 7.92. The summed E-state index contributed by atoms with van der Waals surface area (Å²) in [6.07, 6.45) is 0. The quantitative estimate of drug-likeness (QED) is 0.703. The molecule has 84 valence electrons. The first-order valence-electron chi connectivity index (χ1n) is 5.48. The normalized spacial score (nSPS) is 10.6. The van der Waals surface area contributed by atoms with Crippen molar-refractivity contribution in [3.63, 3.8) is 0 Å². The molecular weight excluding hydrogens is 246 g/mol. The minimum Gasteiger partial charge on any atom is -0.395 e. The molecule has 3 rings (SSSR count). The van der Waals surface area contributed by atoms with Gasteiger partial charge in [-0.1, -0.05) is 36.4 Å². The van der Waals surface area contributed by atoms with E-state index < -0.39 is 0 Å². The molecule has 0 saturated heterocycles. The summed E-state index contributed by atoms with van der Waals surface area (Å²) in [5.41, 5.74) is 2.38. The van der Waals surface area contributed by atoms with E-state index in [1.54, 1.807) is 0 Å². The second-order valence-corrected chi connectivity index (χ2v) is 3.91. The molecule has 0 saturated carbocycles. The van der Waals surface area contributed by atoms with Crippen LogP contribution in [0.15, 0.2) is 48.5 Å². The molecule has 0 bridgehead atoms. The summed E-state index contributed by atoms with van der Waals surface area (Å²) in [5, 5.41) is 11.6. The fourth-order valence-electron chi connectivity index (χ4n) is 2.34. The third-order valence-corrected chi connectivity index (χ3v) is 3.00. The van der Waals surface area contributed by atoms with Gasteiger partial charge in [0.25, 0.3) is 0 Å². The van der Waals surface area contributed by atoms with Crippen LogP contribution >= 0.6 is 0 Å². The van der Waals surface area contributed by atoms with Crippen molar-refractivity contribution in [3.05, 3.63) is 48.5 Å². The maximum Gasteiger partial charge on any atom is 0.0610 e. The Balaban J connectivity index is 0.00000108. The molecule has 0 aliphatic rings. The van der Waals surface area contributed by atoms with Gasteiger partial charge >= 0.3 is 0 Å². The van der Waals surface area contributed by atoms with E-state index in [0.29, 0.717) is 6.54 Å². The summed E-state index contributed by atoms with van der Waals surface area (Å²) in [6.45, 7) is 0.816. The van der Waals surface area contributed by atoms with E-state index in [4.69, 9.17) is 5.11 Å². The van der Waals surface area contributed by atoms with Crippen LogP contribution in [-0.2, 0) is 28.3 Å². The van der Waals surface area contributed by atoms with E-state index in [9.17, 15) is 0 Å². The van der Waals surface area contributed by atoms with E-state index in [2.05, 4.69) is 41.0 Å². The Kier molecular flexibility index (Phi) is 3.67. The predicted molar refractivity (Wildman–Crippen MR) is 66.5 cm³/mol. The van der Waals surface area contributed by atoms with Gasteiger partial charge in [0.05, 0.1) is 6.61 Å². The zero-order chi connectivity index (χ0) is 11.0. The first kappa shape index (κ1) is 12.4. The van der Waals surface area contributed by atoms with E-state index in [1.807, 2.05) is 12.1 Å². The average molecular weight is 259 g/mol. The number of para-hydroxylation sites is 2. The summed E-state index contributed by atoms with van der Waals surface area (Å²) in [7, 11) is 0. The molecule has 0 amide bonds. The van der Waals surface area contributed by atoms with Gasteiger partial charge < -0.3 is 9.67 Å². The molecule has 2 aromatic carbocycles. The van der Waals surface area contributed by atoms with Crippen LogP contribution in [-0.4, -0.2) is 16.3 Å². The van der Waals surface area contributed by atoms with Crippen molar-refractivity contribution in [2.45, 2.75) is 6.54 Å². The van der Waals surface area contributed by atoms with Gasteiger partial charge in [0.2, 0.25) is 0 Å². The van der Waals surface area contributed by atoms with Crippen molar-refractivity contribution in [1.82, 2.24) is 4.57 Å². The number of hydrogen-bond acceptors (Lipinski definition) is 1. The van der Waals surface area contributed by atoms with Gasteiger partial charge in [-0.2, -0.15) is 0 Å². The Morgan fingerprint density at radius 2 is 1.29 bits per heavy atom. The summed E-state index contributed by atoms with van der Waals surface area (Å²) >= 11 is 0. The number of hydrogen-bond donors (Lipinski definition) is 1. The van der Waals surface area contributed by atoms with Gasteiger partial charge in [-0.3, -0.25) is 0 Å². The van der Waals surface area contributed by atoms with Gasteiger partial charge in [0, 0.05) is 50.1 Å². The molecule has 0 radical (unpaired) electrons. The van der Waals surface area contributed by atoms with E-state index in [0.717, 1.165) is 0 Å². The van der Waals surface area contributed by atoms with Crippen molar-refractivity contribution < 1.29 is 26.8 Å². The number of benzene rings is 2. The number of nitrogens with zero attached hydrogens (tertiary/aromatic N) is 1. The Hall–Kier alpha value is -1.09. The third kappa shape index (κ3) is 1.93. The monoisotopic (exact) mass is 259 g/mol. The summed E-state index contributed by atoms with van der Waals surface area (Å²) in [6, 6.07) is 16.6. The van der Waals surface area contributed by atoms with Gasteiger partial charge in [-0.05, 0) is 12.1 Å². The Morgan fingerprint density at radius 3 is 1.76 bits per heavy atom. The van der Waals surface area contributed by atoms with Crippen LogP contribution in [0.1, 0.15) is 0 Å². The van der Waals surface area contributed by atoms with Crippen molar-refractivity contribution in [1.29, 1.82) is 0 Å². The van der Waals surface area contributed by atoms with Crippen LogP contribution < -0.4 is 0 Å². The van der Waals surface area contributed by atoms with Crippen molar-refractivity contribution in [2.24, 2.45) is 0 Å². The van der Waals surface area contributed by atoms with Crippen LogP contribution in [0.2, 0.25) is 0 Å². The number of fused-ring (bicyclic) bond motifs is 3. The minimum absolute atomic E-state index is 0. The smallest absolute Gasteiger partial charge is 0.0610 e. The SMILES string of the molecule is OCCn1c2ccccc2c2ccccc21.[Ti]. The number of rotatable bonds is 2. The molecule has 3 heteroatoms. The summed E-state index contributed by atoms with van der Waals surface area (Å²) in [4.78, 5) is 0. The number of aliphatic hydroxyl groups excluding tert-OH is 1. The Morgan fingerprint density at radius 1 is 0.824 bits per heavy atom. The second kappa shape index (κ2) is 5.05. The zero-order valence-electron chi connectivity index (χ0n) is 9.43. The maximum atomic E-state index is 9.14. The molecule has 1 aromatic heterocycles. The predicted octanol–water partition coefficient (Wildman–Crippen LogP) is 2.78. The molecule has 1 N–H and O–H groups in total. The minimum atomic E-state index is 0. The Labute approximate surface area is 115 Å². The maximum absolute atomic E-state index is 9.14. The molecule has 3 aromatic rings. The van der Waals surface area contributed by atoms with Crippen molar-refractivity contribution >= 4 is 21.8 Å². The summed E-state index contributed by atoms with van der Waals surface area (Å²) < 4.78 is 2.17. The van der Waals surface area contributed by atoms with E-state index >= 15 is 0 Å². The molecule has 0 aliphatic heterocycles. The van der Waals surface area contributed by atoms with Crippen LogP contribution in [0.25, 0.3) is 21.8 Å². The van der Waals surface area contributed by atoms with Crippen LogP contribution in [0.5, 0.6) is 0 Å². The second-order valence-electron chi connectivity index (χ2n) is 3.91.